The summed E-state index contributed by atoms with van der Waals surface area (Å²) in [6.07, 6.45) is 2.59. The average molecular weight is 352 g/mol. The van der Waals surface area contributed by atoms with Crippen LogP contribution in [0.15, 0.2) is 48.8 Å². The minimum Gasteiger partial charge on any atom is -0.302 e. The molecule has 24 heavy (non-hydrogen) atoms. The minimum absolute atomic E-state index is 0.143. The first-order valence-corrected chi connectivity index (χ1v) is 7.32. The topological polar surface area (TPSA) is 64.7 Å². The number of nitrogens with one attached hydrogen (secondary N) is 1. The first-order valence-electron chi connectivity index (χ1n) is 6.94. The van der Waals surface area contributed by atoms with Gasteiger partial charge in [-0.3, -0.25) is 9.48 Å². The maximum Gasteiger partial charge on any atom is 0.333 e. The van der Waals surface area contributed by atoms with E-state index in [9.17, 15) is 13.6 Å². The van der Waals surface area contributed by atoms with Crippen molar-refractivity contribution in [3.63, 3.8) is 0 Å². The molecule has 0 atom stereocenters. The Labute approximate surface area is 140 Å². The molecule has 1 aromatic carbocycles. The lowest BCUT2D eigenvalue weighted by Gasteiger charge is -2.02. The number of halogens is 3. The maximum atomic E-state index is 12.5. The van der Waals surface area contributed by atoms with Crippen LogP contribution >= 0.6 is 11.6 Å². The Morgan fingerprint density at radius 1 is 1.21 bits per heavy atom. The number of benzene rings is 1. The molecule has 1 N–H and O–H groups in total. The van der Waals surface area contributed by atoms with Crippen molar-refractivity contribution in [2.45, 2.75) is 13.1 Å². The number of hydrogen-bond donors (Lipinski definition) is 1. The molecular weight excluding hydrogens is 340 g/mol. The Hall–Kier alpha value is -2.74. The van der Waals surface area contributed by atoms with Gasteiger partial charge in [-0.1, -0.05) is 41.9 Å². The van der Waals surface area contributed by atoms with Crippen LogP contribution in [0.4, 0.5) is 14.6 Å². The first kappa shape index (κ1) is 16.1. The monoisotopic (exact) mass is 351 g/mol. The van der Waals surface area contributed by atoms with Gasteiger partial charge in [-0.2, -0.15) is 19.0 Å². The summed E-state index contributed by atoms with van der Waals surface area (Å²) in [5.74, 6) is -0.523. The van der Waals surface area contributed by atoms with Crippen LogP contribution in [0.1, 0.15) is 22.6 Å². The second-order valence-electron chi connectivity index (χ2n) is 4.92. The highest BCUT2D eigenvalue weighted by Crippen LogP contribution is 2.21. The lowest BCUT2D eigenvalue weighted by Crippen LogP contribution is -2.14. The highest BCUT2D eigenvalue weighted by atomic mass is 35.5. The number of amides is 1. The molecule has 0 aliphatic heterocycles. The summed E-state index contributed by atoms with van der Waals surface area (Å²) in [7, 11) is 0. The fourth-order valence-corrected chi connectivity index (χ4v) is 2.27. The van der Waals surface area contributed by atoms with Gasteiger partial charge >= 0.3 is 6.55 Å². The van der Waals surface area contributed by atoms with Crippen LogP contribution in [0.25, 0.3) is 0 Å². The summed E-state index contributed by atoms with van der Waals surface area (Å²) >= 11 is 6.05. The molecule has 6 nitrogen and oxygen atoms in total. The van der Waals surface area contributed by atoms with Crippen LogP contribution in [0, 0.1) is 0 Å². The first-order chi connectivity index (χ1) is 11.5. The molecule has 1 amide bonds. The van der Waals surface area contributed by atoms with Crippen LogP contribution in [-0.2, 0) is 6.54 Å². The number of alkyl halides is 2. The largest absolute Gasteiger partial charge is 0.333 e. The summed E-state index contributed by atoms with van der Waals surface area (Å²) < 4.78 is 26.9. The Morgan fingerprint density at radius 3 is 2.62 bits per heavy atom. The SMILES string of the molecule is O=C(Nc1nn(Cc2ccccc2)cc1Cl)c1ccn(C(F)F)n1. The summed E-state index contributed by atoms with van der Waals surface area (Å²) in [6.45, 7) is -2.32. The molecule has 0 aliphatic carbocycles. The Bertz CT molecular complexity index is 847. The number of anilines is 1. The predicted octanol–water partition coefficient (Wildman–Crippen LogP) is 3.43. The molecule has 2 aromatic heterocycles. The highest BCUT2D eigenvalue weighted by molar-refractivity contribution is 6.33. The molecule has 0 saturated carbocycles. The molecule has 0 aliphatic rings. The fraction of sp³-hybridized carbons (Fsp3) is 0.133. The van der Waals surface area contributed by atoms with E-state index in [1.807, 2.05) is 30.3 Å². The summed E-state index contributed by atoms with van der Waals surface area (Å²) in [6, 6.07) is 10.8. The lowest BCUT2D eigenvalue weighted by atomic mass is 10.2. The van der Waals surface area contributed by atoms with Crippen molar-refractivity contribution in [2.24, 2.45) is 0 Å². The smallest absolute Gasteiger partial charge is 0.302 e. The van der Waals surface area contributed by atoms with Crippen LogP contribution in [0.5, 0.6) is 0 Å². The number of carbonyl (C=O) groups is 1. The third-order valence-electron chi connectivity index (χ3n) is 3.18. The molecule has 3 aromatic rings. The Kier molecular flexibility index (Phi) is 4.57. The number of rotatable bonds is 5. The van der Waals surface area contributed by atoms with Crippen LogP contribution in [0.3, 0.4) is 0 Å². The van der Waals surface area contributed by atoms with Crippen LogP contribution in [0.2, 0.25) is 5.02 Å². The average Bonchev–Trinajstić information content (AvgIpc) is 3.16. The highest BCUT2D eigenvalue weighted by Gasteiger charge is 2.16. The van der Waals surface area contributed by atoms with Crippen molar-refractivity contribution in [3.8, 4) is 0 Å². The van der Waals surface area contributed by atoms with E-state index in [0.29, 0.717) is 11.2 Å². The number of carbonyl (C=O) groups excluding carboxylic acids is 1. The van der Waals surface area contributed by atoms with Crippen LogP contribution < -0.4 is 5.32 Å². The quantitative estimate of drug-likeness (QED) is 0.766. The molecule has 0 saturated heterocycles. The molecular formula is C15H12ClF2N5O. The van der Waals surface area contributed by atoms with Gasteiger partial charge in [0.25, 0.3) is 5.91 Å². The van der Waals surface area contributed by atoms with Crippen molar-refractivity contribution in [2.75, 3.05) is 5.32 Å². The van der Waals surface area contributed by atoms with E-state index in [0.717, 1.165) is 11.8 Å². The molecule has 3 rings (SSSR count). The van der Waals surface area contributed by atoms with Gasteiger partial charge < -0.3 is 5.32 Å². The molecule has 0 unspecified atom stereocenters. The summed E-state index contributed by atoms with van der Waals surface area (Å²) in [5.41, 5.74) is 0.870. The second-order valence-corrected chi connectivity index (χ2v) is 5.33. The van der Waals surface area contributed by atoms with E-state index in [-0.39, 0.29) is 16.5 Å². The van der Waals surface area contributed by atoms with Gasteiger partial charge in [0.2, 0.25) is 0 Å². The van der Waals surface area contributed by atoms with Gasteiger partial charge in [-0.25, -0.2) is 4.68 Å². The number of nitrogens with zero attached hydrogens (tertiary/aromatic N) is 4. The van der Waals surface area contributed by atoms with E-state index < -0.39 is 12.5 Å². The fourth-order valence-electron chi connectivity index (χ4n) is 2.07. The van der Waals surface area contributed by atoms with Gasteiger partial charge in [0.05, 0.1) is 6.54 Å². The van der Waals surface area contributed by atoms with Crippen molar-refractivity contribution in [3.05, 3.63) is 65.1 Å². The third kappa shape index (κ3) is 3.60. The van der Waals surface area contributed by atoms with Gasteiger partial charge in [-0.05, 0) is 11.6 Å². The molecule has 9 heteroatoms. The van der Waals surface area contributed by atoms with E-state index in [2.05, 4.69) is 15.5 Å². The lowest BCUT2D eigenvalue weighted by molar-refractivity contribution is 0.0561. The molecule has 0 spiro atoms. The molecule has 0 bridgehead atoms. The van der Waals surface area contributed by atoms with Crippen LogP contribution in [-0.4, -0.2) is 25.5 Å². The van der Waals surface area contributed by atoms with Crippen molar-refractivity contribution in [1.82, 2.24) is 19.6 Å². The zero-order valence-corrected chi connectivity index (χ0v) is 13.0. The Morgan fingerprint density at radius 2 is 1.96 bits per heavy atom. The number of aromatic nitrogens is 4. The molecule has 124 valence electrons. The Balaban J connectivity index is 1.71. The maximum absolute atomic E-state index is 12.5. The van der Waals surface area contributed by atoms with Crippen molar-refractivity contribution < 1.29 is 13.6 Å². The van der Waals surface area contributed by atoms with Gasteiger partial charge in [0.1, 0.15) is 5.02 Å². The summed E-state index contributed by atoms with van der Waals surface area (Å²) in [5, 5.41) is 10.4. The zero-order chi connectivity index (χ0) is 17.1. The second kappa shape index (κ2) is 6.79. The number of hydrogen-bond acceptors (Lipinski definition) is 3. The van der Waals surface area contributed by atoms with E-state index in [4.69, 9.17) is 11.6 Å². The van der Waals surface area contributed by atoms with Crippen molar-refractivity contribution in [1.29, 1.82) is 0 Å². The predicted molar refractivity (Wildman–Crippen MR) is 84.2 cm³/mol. The third-order valence-corrected chi connectivity index (χ3v) is 3.45. The van der Waals surface area contributed by atoms with Gasteiger partial charge in [0.15, 0.2) is 11.5 Å². The van der Waals surface area contributed by atoms with E-state index in [1.54, 1.807) is 10.9 Å². The molecule has 2 heterocycles. The van der Waals surface area contributed by atoms with E-state index >= 15 is 0 Å². The zero-order valence-electron chi connectivity index (χ0n) is 12.2. The van der Waals surface area contributed by atoms with Crippen molar-refractivity contribution >= 4 is 23.3 Å². The summed E-state index contributed by atoms with van der Waals surface area (Å²) in [4.78, 5) is 12.0. The molecule has 0 radical (unpaired) electrons. The van der Waals surface area contributed by atoms with Gasteiger partial charge in [-0.15, -0.1) is 0 Å². The minimum atomic E-state index is -2.81. The van der Waals surface area contributed by atoms with Gasteiger partial charge in [0, 0.05) is 12.4 Å². The normalized spacial score (nSPS) is 11.0. The molecule has 0 fully saturated rings. The standard InChI is InChI=1S/C15H12ClF2N5O/c16-11-9-22(8-10-4-2-1-3-5-10)21-13(11)19-14(24)12-6-7-23(20-12)15(17)18/h1-7,9,15H,8H2,(H,19,21,24). The van der Waals surface area contributed by atoms with E-state index in [1.165, 1.54) is 6.07 Å².